The van der Waals surface area contributed by atoms with Crippen LogP contribution in [0.15, 0.2) is 0 Å². The van der Waals surface area contributed by atoms with Crippen molar-refractivity contribution in [3.8, 4) is 0 Å². The van der Waals surface area contributed by atoms with Crippen molar-refractivity contribution in [2.24, 2.45) is 5.92 Å². The lowest BCUT2D eigenvalue weighted by Crippen LogP contribution is -2.41. The van der Waals surface area contributed by atoms with Crippen molar-refractivity contribution in [1.29, 1.82) is 0 Å². The standard InChI is InChI=1S/C17H29N3S/c1-4-10-18-14-6-5-7-15-16(14)21-17(19-15)20-11-12(2)8-9-13(20)3/h12-14,18H,4-11H2,1-3H3. The van der Waals surface area contributed by atoms with Gasteiger partial charge >= 0.3 is 0 Å². The molecule has 2 aliphatic rings. The first-order chi connectivity index (χ1) is 10.2. The molecular weight excluding hydrogens is 278 g/mol. The smallest absolute Gasteiger partial charge is 0.186 e. The van der Waals surface area contributed by atoms with Gasteiger partial charge in [-0.1, -0.05) is 25.2 Å². The molecule has 1 fully saturated rings. The van der Waals surface area contributed by atoms with Crippen molar-refractivity contribution in [1.82, 2.24) is 10.3 Å². The Bertz CT molecular complexity index is 471. The van der Waals surface area contributed by atoms with Gasteiger partial charge in [0, 0.05) is 23.5 Å². The van der Waals surface area contributed by atoms with Crippen LogP contribution in [0, 0.1) is 5.92 Å². The third-order valence-electron chi connectivity index (χ3n) is 4.94. The molecule has 1 aromatic rings. The SMILES string of the molecule is CCCNC1CCCc2nc(N3CC(C)CCC3C)sc21. The van der Waals surface area contributed by atoms with Crippen molar-refractivity contribution >= 4 is 16.5 Å². The molecule has 1 aliphatic heterocycles. The summed E-state index contributed by atoms with van der Waals surface area (Å²) in [7, 11) is 0. The summed E-state index contributed by atoms with van der Waals surface area (Å²) in [5.74, 6) is 0.802. The number of nitrogens with one attached hydrogen (secondary N) is 1. The number of hydrogen-bond donors (Lipinski definition) is 1. The van der Waals surface area contributed by atoms with E-state index in [1.165, 1.54) is 60.8 Å². The average molecular weight is 308 g/mol. The zero-order valence-electron chi connectivity index (χ0n) is 13.7. The van der Waals surface area contributed by atoms with E-state index in [-0.39, 0.29) is 0 Å². The minimum atomic E-state index is 0.553. The van der Waals surface area contributed by atoms with Crippen LogP contribution >= 0.6 is 11.3 Å². The molecule has 1 saturated heterocycles. The van der Waals surface area contributed by atoms with Gasteiger partial charge in [0.25, 0.3) is 0 Å². The Morgan fingerprint density at radius 1 is 1.29 bits per heavy atom. The molecule has 3 unspecified atom stereocenters. The van der Waals surface area contributed by atoms with Crippen LogP contribution in [0.5, 0.6) is 0 Å². The highest BCUT2D eigenvalue weighted by Crippen LogP contribution is 2.39. The van der Waals surface area contributed by atoms with Crippen molar-refractivity contribution in [3.63, 3.8) is 0 Å². The summed E-state index contributed by atoms with van der Waals surface area (Å²) in [6.07, 6.45) is 7.61. The fraction of sp³-hybridized carbons (Fsp3) is 0.824. The average Bonchev–Trinajstić information content (AvgIpc) is 2.92. The van der Waals surface area contributed by atoms with Gasteiger partial charge < -0.3 is 10.2 Å². The first kappa shape index (κ1) is 15.3. The molecule has 118 valence electrons. The highest BCUT2D eigenvalue weighted by molar-refractivity contribution is 7.15. The van der Waals surface area contributed by atoms with Gasteiger partial charge in [0.15, 0.2) is 5.13 Å². The second-order valence-corrected chi connectivity index (χ2v) is 7.90. The molecular formula is C17H29N3S. The summed E-state index contributed by atoms with van der Waals surface area (Å²) in [6, 6.07) is 1.20. The number of anilines is 1. The van der Waals surface area contributed by atoms with Gasteiger partial charge in [0.05, 0.1) is 5.69 Å². The molecule has 3 rings (SSSR count). The lowest BCUT2D eigenvalue weighted by atomic mass is 9.95. The molecule has 3 atom stereocenters. The number of fused-ring (bicyclic) bond motifs is 1. The van der Waals surface area contributed by atoms with Crippen LogP contribution < -0.4 is 10.2 Å². The van der Waals surface area contributed by atoms with Gasteiger partial charge in [-0.25, -0.2) is 4.98 Å². The third kappa shape index (κ3) is 3.26. The number of aryl methyl sites for hydroxylation is 1. The summed E-state index contributed by atoms with van der Waals surface area (Å²) in [4.78, 5) is 9.11. The maximum absolute atomic E-state index is 5.02. The maximum Gasteiger partial charge on any atom is 0.186 e. The van der Waals surface area contributed by atoms with Crippen LogP contribution in [0.1, 0.15) is 69.5 Å². The minimum Gasteiger partial charge on any atom is -0.345 e. The Labute approximate surface area is 133 Å². The van der Waals surface area contributed by atoms with Crippen LogP contribution in [0.3, 0.4) is 0 Å². The molecule has 4 heteroatoms. The molecule has 0 spiro atoms. The van der Waals surface area contributed by atoms with E-state index in [4.69, 9.17) is 4.98 Å². The molecule has 21 heavy (non-hydrogen) atoms. The van der Waals surface area contributed by atoms with Crippen LogP contribution in [-0.2, 0) is 6.42 Å². The van der Waals surface area contributed by atoms with E-state index in [9.17, 15) is 0 Å². The minimum absolute atomic E-state index is 0.553. The fourth-order valence-electron chi connectivity index (χ4n) is 3.60. The summed E-state index contributed by atoms with van der Waals surface area (Å²) < 4.78 is 0. The Kier molecular flexibility index (Phi) is 4.85. The molecule has 1 aliphatic carbocycles. The molecule has 0 amide bonds. The highest BCUT2D eigenvalue weighted by Gasteiger charge is 2.29. The monoisotopic (exact) mass is 307 g/mol. The number of nitrogens with zero attached hydrogens (tertiary/aromatic N) is 2. The largest absolute Gasteiger partial charge is 0.345 e. The van der Waals surface area contributed by atoms with Gasteiger partial charge in [0.2, 0.25) is 0 Å². The van der Waals surface area contributed by atoms with Gasteiger partial charge in [-0.15, -0.1) is 0 Å². The van der Waals surface area contributed by atoms with Gasteiger partial charge in [-0.05, 0) is 57.9 Å². The number of piperidine rings is 1. The normalized spacial score (nSPS) is 29.5. The molecule has 0 bridgehead atoms. The summed E-state index contributed by atoms with van der Waals surface area (Å²) >= 11 is 1.96. The van der Waals surface area contributed by atoms with Crippen molar-refractivity contribution in [3.05, 3.63) is 10.6 Å². The molecule has 1 aromatic heterocycles. The van der Waals surface area contributed by atoms with Crippen molar-refractivity contribution in [2.75, 3.05) is 18.0 Å². The topological polar surface area (TPSA) is 28.2 Å². The Morgan fingerprint density at radius 3 is 2.95 bits per heavy atom. The first-order valence-corrected chi connectivity index (χ1v) is 9.50. The van der Waals surface area contributed by atoms with E-state index < -0.39 is 0 Å². The Hall–Kier alpha value is -0.610. The highest BCUT2D eigenvalue weighted by atomic mass is 32.1. The van der Waals surface area contributed by atoms with Crippen LogP contribution in [-0.4, -0.2) is 24.1 Å². The van der Waals surface area contributed by atoms with Crippen LogP contribution in [0.25, 0.3) is 0 Å². The molecule has 1 N–H and O–H groups in total. The van der Waals surface area contributed by atoms with Crippen molar-refractivity contribution in [2.45, 2.75) is 71.4 Å². The maximum atomic E-state index is 5.02. The van der Waals surface area contributed by atoms with E-state index >= 15 is 0 Å². The molecule has 0 aromatic carbocycles. The van der Waals surface area contributed by atoms with Crippen molar-refractivity contribution < 1.29 is 0 Å². The van der Waals surface area contributed by atoms with E-state index in [1.54, 1.807) is 0 Å². The predicted octanol–water partition coefficient (Wildman–Crippen LogP) is 4.14. The van der Waals surface area contributed by atoms with Gasteiger partial charge in [-0.3, -0.25) is 0 Å². The number of hydrogen-bond acceptors (Lipinski definition) is 4. The van der Waals surface area contributed by atoms with E-state index in [0.29, 0.717) is 12.1 Å². The molecule has 3 nitrogen and oxygen atoms in total. The first-order valence-electron chi connectivity index (χ1n) is 8.68. The van der Waals surface area contributed by atoms with E-state index in [0.717, 1.165) is 12.5 Å². The van der Waals surface area contributed by atoms with Gasteiger partial charge in [-0.2, -0.15) is 0 Å². The lowest BCUT2D eigenvalue weighted by Gasteiger charge is -2.36. The van der Waals surface area contributed by atoms with Crippen LogP contribution in [0.4, 0.5) is 5.13 Å². The number of aromatic nitrogens is 1. The summed E-state index contributed by atoms with van der Waals surface area (Å²) in [5, 5.41) is 5.00. The molecule has 2 heterocycles. The zero-order valence-corrected chi connectivity index (χ0v) is 14.5. The fourth-order valence-corrected chi connectivity index (χ4v) is 4.93. The number of rotatable bonds is 4. The Balaban J connectivity index is 1.80. The molecule has 0 saturated carbocycles. The predicted molar refractivity (Wildman–Crippen MR) is 91.3 cm³/mol. The lowest BCUT2D eigenvalue weighted by molar-refractivity contribution is 0.390. The summed E-state index contributed by atoms with van der Waals surface area (Å²) in [6.45, 7) is 9.28. The number of thiazole rings is 1. The van der Waals surface area contributed by atoms with E-state index in [2.05, 4.69) is 31.0 Å². The quantitative estimate of drug-likeness (QED) is 0.906. The molecule has 0 radical (unpaired) electrons. The Morgan fingerprint density at radius 2 is 2.14 bits per heavy atom. The zero-order chi connectivity index (χ0) is 14.8. The van der Waals surface area contributed by atoms with Gasteiger partial charge in [0.1, 0.15) is 0 Å². The second-order valence-electron chi connectivity index (χ2n) is 6.89. The van der Waals surface area contributed by atoms with E-state index in [1.807, 2.05) is 11.3 Å². The third-order valence-corrected chi connectivity index (χ3v) is 6.19. The van der Waals surface area contributed by atoms with Crippen LogP contribution in [0.2, 0.25) is 0 Å². The summed E-state index contributed by atoms with van der Waals surface area (Å²) in [5.41, 5.74) is 1.38. The second kappa shape index (κ2) is 6.66.